The topological polar surface area (TPSA) is 75.0 Å². The Kier molecular flexibility index (Phi) is 5.75. The summed E-state index contributed by atoms with van der Waals surface area (Å²) in [5.74, 6) is 1.23. The van der Waals surface area contributed by atoms with Crippen LogP contribution in [0.5, 0.6) is 0 Å². The molecule has 0 unspecified atom stereocenters. The molecule has 1 N–H and O–H groups in total. The number of ether oxygens (including phenoxy) is 1. The highest BCUT2D eigenvalue weighted by Gasteiger charge is 2.38. The summed E-state index contributed by atoms with van der Waals surface area (Å²) in [7, 11) is 0. The molecule has 0 aliphatic carbocycles. The van der Waals surface area contributed by atoms with Crippen LogP contribution in [0.2, 0.25) is 0 Å². The van der Waals surface area contributed by atoms with Crippen LogP contribution in [0.4, 0.5) is 0 Å². The predicted octanol–water partition coefficient (Wildman–Crippen LogP) is 1.10. The molecule has 7 nitrogen and oxygen atoms in total. The van der Waals surface area contributed by atoms with E-state index in [0.29, 0.717) is 30.0 Å². The van der Waals surface area contributed by atoms with Crippen molar-refractivity contribution in [3.05, 3.63) is 23.7 Å². The first-order valence-electron chi connectivity index (χ1n) is 9.02. The van der Waals surface area contributed by atoms with Gasteiger partial charge in [-0.1, -0.05) is 13.3 Å². The van der Waals surface area contributed by atoms with Gasteiger partial charge in [-0.05, 0) is 18.1 Å². The van der Waals surface area contributed by atoms with Crippen molar-refractivity contribution in [3.8, 4) is 0 Å². The van der Waals surface area contributed by atoms with Crippen molar-refractivity contribution in [2.24, 2.45) is 5.92 Å². The molecule has 25 heavy (non-hydrogen) atoms. The Balaban J connectivity index is 1.63. The Morgan fingerprint density at radius 2 is 2.00 bits per heavy atom. The van der Waals surface area contributed by atoms with Crippen molar-refractivity contribution in [1.82, 2.24) is 15.1 Å². The van der Waals surface area contributed by atoms with Crippen molar-refractivity contribution in [2.75, 3.05) is 39.4 Å². The van der Waals surface area contributed by atoms with Crippen LogP contribution < -0.4 is 5.32 Å². The highest BCUT2D eigenvalue weighted by atomic mass is 16.5. The predicted molar refractivity (Wildman–Crippen MR) is 92.1 cm³/mol. The fourth-order valence-corrected chi connectivity index (χ4v) is 3.70. The van der Waals surface area contributed by atoms with E-state index in [1.807, 2.05) is 4.90 Å². The third kappa shape index (κ3) is 4.22. The van der Waals surface area contributed by atoms with Gasteiger partial charge in [-0.2, -0.15) is 0 Å². The quantitative estimate of drug-likeness (QED) is 0.862. The molecule has 2 saturated heterocycles. The van der Waals surface area contributed by atoms with E-state index in [-0.39, 0.29) is 11.8 Å². The minimum Gasteiger partial charge on any atom is -0.454 e. The van der Waals surface area contributed by atoms with Gasteiger partial charge in [0.1, 0.15) is 5.76 Å². The van der Waals surface area contributed by atoms with E-state index in [4.69, 9.17) is 9.15 Å². The highest BCUT2D eigenvalue weighted by molar-refractivity contribution is 5.91. The number of nitrogens with zero attached hydrogens (tertiary/aromatic N) is 2. The average Bonchev–Trinajstić information content (AvgIpc) is 3.27. The van der Waals surface area contributed by atoms with E-state index in [0.717, 1.165) is 45.8 Å². The zero-order chi connectivity index (χ0) is 17.8. The average molecular weight is 349 g/mol. The second kappa shape index (κ2) is 8.01. The minimum absolute atomic E-state index is 0.0664. The Morgan fingerprint density at radius 3 is 2.68 bits per heavy atom. The molecule has 2 amide bonds. The molecule has 0 radical (unpaired) electrons. The third-order valence-electron chi connectivity index (χ3n) is 5.12. The van der Waals surface area contributed by atoms with Gasteiger partial charge < -0.3 is 19.4 Å². The van der Waals surface area contributed by atoms with Crippen molar-refractivity contribution < 1.29 is 18.7 Å². The van der Waals surface area contributed by atoms with Gasteiger partial charge in [0.25, 0.3) is 5.91 Å². The summed E-state index contributed by atoms with van der Waals surface area (Å²) in [6.45, 7) is 8.85. The van der Waals surface area contributed by atoms with Crippen molar-refractivity contribution >= 4 is 11.8 Å². The Bertz CT molecular complexity index is 609. The number of hydrogen-bond acceptors (Lipinski definition) is 5. The fourth-order valence-electron chi connectivity index (χ4n) is 3.70. The standard InChI is InChI=1S/C18H27N3O4/c1-3-14-11-21(12-16(14)20-6-8-24-9-7-20)18(23)17-5-4-15(25-17)10-19-13(2)22/h4-5,14,16H,3,6-12H2,1-2H3,(H,19,22)/t14-,16-/m1/s1. The molecule has 0 aromatic carbocycles. The van der Waals surface area contributed by atoms with Crippen LogP contribution >= 0.6 is 0 Å². The Morgan fingerprint density at radius 1 is 1.24 bits per heavy atom. The van der Waals surface area contributed by atoms with Crippen LogP contribution in [-0.4, -0.2) is 67.0 Å². The van der Waals surface area contributed by atoms with Crippen molar-refractivity contribution in [3.63, 3.8) is 0 Å². The fraction of sp³-hybridized carbons (Fsp3) is 0.667. The molecule has 1 aromatic rings. The Labute approximate surface area is 148 Å². The van der Waals surface area contributed by atoms with Crippen LogP contribution in [0.25, 0.3) is 0 Å². The largest absolute Gasteiger partial charge is 0.454 e. The van der Waals surface area contributed by atoms with E-state index < -0.39 is 0 Å². The van der Waals surface area contributed by atoms with Crippen molar-refractivity contribution in [2.45, 2.75) is 32.9 Å². The summed E-state index contributed by atoms with van der Waals surface area (Å²) < 4.78 is 11.1. The summed E-state index contributed by atoms with van der Waals surface area (Å²) in [5, 5.41) is 2.67. The molecular formula is C18H27N3O4. The van der Waals surface area contributed by atoms with E-state index in [9.17, 15) is 9.59 Å². The van der Waals surface area contributed by atoms with E-state index >= 15 is 0 Å². The van der Waals surface area contributed by atoms with Gasteiger partial charge in [-0.3, -0.25) is 14.5 Å². The Hall–Kier alpha value is -1.86. The molecule has 0 bridgehead atoms. The first-order valence-corrected chi connectivity index (χ1v) is 9.02. The van der Waals surface area contributed by atoms with E-state index in [1.165, 1.54) is 6.92 Å². The molecule has 2 atom stereocenters. The van der Waals surface area contributed by atoms with Gasteiger partial charge in [-0.25, -0.2) is 0 Å². The summed E-state index contributed by atoms with van der Waals surface area (Å²) in [6.07, 6.45) is 1.05. The third-order valence-corrected chi connectivity index (χ3v) is 5.12. The lowest BCUT2D eigenvalue weighted by atomic mass is 9.99. The molecule has 3 rings (SSSR count). The summed E-state index contributed by atoms with van der Waals surface area (Å²) >= 11 is 0. The highest BCUT2D eigenvalue weighted by Crippen LogP contribution is 2.27. The summed E-state index contributed by atoms with van der Waals surface area (Å²) in [6, 6.07) is 3.84. The zero-order valence-electron chi connectivity index (χ0n) is 15.0. The number of carbonyl (C=O) groups excluding carboxylic acids is 2. The maximum absolute atomic E-state index is 12.8. The van der Waals surface area contributed by atoms with Gasteiger partial charge in [0.2, 0.25) is 5.91 Å². The summed E-state index contributed by atoms with van der Waals surface area (Å²) in [5.41, 5.74) is 0. The number of rotatable bonds is 5. The molecule has 138 valence electrons. The van der Waals surface area contributed by atoms with Gasteiger partial charge in [0.05, 0.1) is 19.8 Å². The first-order chi connectivity index (χ1) is 12.1. The maximum atomic E-state index is 12.8. The number of nitrogens with one attached hydrogen (secondary N) is 1. The lowest BCUT2D eigenvalue weighted by Crippen LogP contribution is -2.47. The zero-order valence-corrected chi connectivity index (χ0v) is 15.0. The first kappa shape index (κ1) is 17.9. The van der Waals surface area contributed by atoms with Crippen molar-refractivity contribution in [1.29, 1.82) is 0 Å². The summed E-state index contributed by atoms with van der Waals surface area (Å²) in [4.78, 5) is 28.1. The van der Waals surface area contributed by atoms with Gasteiger partial charge in [0.15, 0.2) is 5.76 Å². The lowest BCUT2D eigenvalue weighted by molar-refractivity contribution is -0.119. The van der Waals surface area contributed by atoms with Crippen LogP contribution in [0, 0.1) is 5.92 Å². The molecule has 0 saturated carbocycles. The number of morpholine rings is 1. The van der Waals surface area contributed by atoms with Crippen LogP contribution in [0.1, 0.15) is 36.6 Å². The number of carbonyl (C=O) groups is 2. The number of furan rings is 1. The molecule has 3 heterocycles. The van der Waals surface area contributed by atoms with Gasteiger partial charge in [0, 0.05) is 39.1 Å². The molecule has 2 aliphatic rings. The molecule has 2 fully saturated rings. The SMILES string of the molecule is CC[C@@H]1CN(C(=O)c2ccc(CNC(C)=O)o2)C[C@H]1N1CCOCC1. The molecule has 1 aromatic heterocycles. The van der Waals surface area contributed by atoms with Crippen LogP contribution in [-0.2, 0) is 16.1 Å². The normalized spacial score (nSPS) is 24.5. The lowest BCUT2D eigenvalue weighted by Gasteiger charge is -2.34. The van der Waals surface area contributed by atoms with E-state index in [2.05, 4.69) is 17.1 Å². The van der Waals surface area contributed by atoms with Gasteiger partial charge >= 0.3 is 0 Å². The monoisotopic (exact) mass is 349 g/mol. The molecular weight excluding hydrogens is 322 g/mol. The smallest absolute Gasteiger partial charge is 0.289 e. The van der Waals surface area contributed by atoms with Gasteiger partial charge in [-0.15, -0.1) is 0 Å². The minimum atomic E-state index is -0.122. The second-order valence-corrected chi connectivity index (χ2v) is 6.77. The van der Waals surface area contributed by atoms with E-state index in [1.54, 1.807) is 12.1 Å². The molecule has 0 spiro atoms. The van der Waals surface area contributed by atoms with Crippen LogP contribution in [0.15, 0.2) is 16.5 Å². The van der Waals surface area contributed by atoms with Crippen LogP contribution in [0.3, 0.4) is 0 Å². The number of likely N-dealkylation sites (tertiary alicyclic amines) is 1. The number of hydrogen-bond donors (Lipinski definition) is 1. The number of amides is 2. The molecule has 2 aliphatic heterocycles. The molecule has 7 heteroatoms. The second-order valence-electron chi connectivity index (χ2n) is 6.77. The maximum Gasteiger partial charge on any atom is 0.289 e.